The molecule has 0 aliphatic heterocycles. The van der Waals surface area contributed by atoms with Crippen LogP contribution in [-0.4, -0.2) is 16.2 Å². The number of benzene rings is 2. The van der Waals surface area contributed by atoms with E-state index in [1.54, 1.807) is 12.1 Å². The lowest BCUT2D eigenvalue weighted by atomic mass is 9.65. The first-order valence-corrected chi connectivity index (χ1v) is 9.01. The van der Waals surface area contributed by atoms with Crippen LogP contribution in [0.3, 0.4) is 0 Å². The highest BCUT2D eigenvalue weighted by molar-refractivity contribution is 5.86. The zero-order chi connectivity index (χ0) is 19.8. The number of hydrogen-bond donors (Lipinski definition) is 2. The monoisotopic (exact) mass is 354 g/mol. The van der Waals surface area contributed by atoms with E-state index in [4.69, 9.17) is 0 Å². The number of aromatic hydroxyl groups is 1. The van der Waals surface area contributed by atoms with E-state index in [2.05, 4.69) is 20.8 Å². The summed E-state index contributed by atoms with van der Waals surface area (Å²) in [6, 6.07) is 14.6. The second-order valence-corrected chi connectivity index (χ2v) is 9.30. The predicted molar refractivity (Wildman–Crippen MR) is 106 cm³/mol. The van der Waals surface area contributed by atoms with Crippen LogP contribution < -0.4 is 0 Å². The summed E-state index contributed by atoms with van der Waals surface area (Å²) < 4.78 is 0. The normalized spacial score (nSPS) is 14.7. The van der Waals surface area contributed by atoms with E-state index in [1.165, 1.54) is 0 Å². The average molecular weight is 354 g/mol. The van der Waals surface area contributed by atoms with Crippen molar-refractivity contribution in [2.75, 3.05) is 0 Å². The minimum atomic E-state index is -1.17. The number of carboxylic acids is 1. The minimum Gasteiger partial charge on any atom is -0.508 e. The highest BCUT2D eigenvalue weighted by atomic mass is 16.4. The van der Waals surface area contributed by atoms with Gasteiger partial charge in [-0.1, -0.05) is 84.0 Å². The van der Waals surface area contributed by atoms with Crippen LogP contribution in [-0.2, 0) is 15.6 Å². The molecule has 0 spiro atoms. The van der Waals surface area contributed by atoms with Crippen LogP contribution in [0.5, 0.6) is 5.75 Å². The third-order valence-corrected chi connectivity index (χ3v) is 4.72. The Hall–Kier alpha value is -2.29. The maximum atomic E-state index is 12.7. The van der Waals surface area contributed by atoms with E-state index in [-0.39, 0.29) is 16.6 Å². The van der Waals surface area contributed by atoms with E-state index in [1.807, 2.05) is 57.2 Å². The van der Waals surface area contributed by atoms with Gasteiger partial charge in [-0.3, -0.25) is 4.79 Å². The lowest BCUT2D eigenvalue weighted by Crippen LogP contribution is -2.41. The molecule has 3 nitrogen and oxygen atoms in total. The molecule has 26 heavy (non-hydrogen) atoms. The summed E-state index contributed by atoms with van der Waals surface area (Å²) in [6.45, 7) is 12.2. The zero-order valence-electron chi connectivity index (χ0n) is 16.6. The summed E-state index contributed by atoms with van der Waals surface area (Å²) in [4.78, 5) is 12.7. The Morgan fingerprint density at radius 1 is 0.885 bits per heavy atom. The quantitative estimate of drug-likeness (QED) is 0.762. The lowest BCUT2D eigenvalue weighted by molar-refractivity contribution is -0.143. The molecule has 2 rings (SSSR count). The standard InChI is InChI=1S/C23H30O3/c1-21(2,3)15-23(20(25)26,16-10-8-7-9-11-16)17-12-13-19(24)18(14-17)22(4,5)6/h7-14,24H,15H2,1-6H3,(H,25,26). The molecule has 0 saturated carbocycles. The van der Waals surface area contributed by atoms with Gasteiger partial charge in [0.15, 0.2) is 0 Å². The molecule has 2 aromatic rings. The van der Waals surface area contributed by atoms with Gasteiger partial charge in [-0.15, -0.1) is 0 Å². The van der Waals surface area contributed by atoms with Crippen LogP contribution in [0.4, 0.5) is 0 Å². The number of aliphatic carboxylic acids is 1. The number of carboxylic acid groups (broad SMARTS) is 1. The van der Waals surface area contributed by atoms with Crippen molar-refractivity contribution in [2.45, 2.75) is 58.8 Å². The fourth-order valence-electron chi connectivity index (χ4n) is 3.61. The molecule has 0 aliphatic carbocycles. The minimum absolute atomic E-state index is 0.198. The van der Waals surface area contributed by atoms with Crippen molar-refractivity contribution in [3.63, 3.8) is 0 Å². The Kier molecular flexibility index (Phi) is 5.23. The molecule has 3 heteroatoms. The summed E-state index contributed by atoms with van der Waals surface area (Å²) in [7, 11) is 0. The van der Waals surface area contributed by atoms with Crippen LogP contribution in [0.25, 0.3) is 0 Å². The smallest absolute Gasteiger partial charge is 0.318 e. The highest BCUT2D eigenvalue weighted by Gasteiger charge is 2.45. The first-order valence-electron chi connectivity index (χ1n) is 9.01. The van der Waals surface area contributed by atoms with E-state index in [9.17, 15) is 15.0 Å². The molecule has 1 atom stereocenters. The molecule has 0 bridgehead atoms. The fourth-order valence-corrected chi connectivity index (χ4v) is 3.61. The van der Waals surface area contributed by atoms with Crippen LogP contribution in [0.2, 0.25) is 0 Å². The molecule has 0 saturated heterocycles. The lowest BCUT2D eigenvalue weighted by Gasteiger charge is -2.37. The molecule has 2 aromatic carbocycles. The average Bonchev–Trinajstić information content (AvgIpc) is 2.51. The summed E-state index contributed by atoms with van der Waals surface area (Å²) in [5, 5.41) is 20.7. The van der Waals surface area contributed by atoms with Gasteiger partial charge in [-0.25, -0.2) is 0 Å². The van der Waals surface area contributed by atoms with Gasteiger partial charge in [0.2, 0.25) is 0 Å². The van der Waals surface area contributed by atoms with Crippen LogP contribution in [0, 0.1) is 5.41 Å². The topological polar surface area (TPSA) is 57.5 Å². The van der Waals surface area contributed by atoms with Gasteiger partial charge in [0, 0.05) is 0 Å². The number of carbonyl (C=O) groups is 1. The van der Waals surface area contributed by atoms with E-state index in [0.717, 1.165) is 11.1 Å². The fraction of sp³-hybridized carbons (Fsp3) is 0.435. The van der Waals surface area contributed by atoms with E-state index < -0.39 is 11.4 Å². The Morgan fingerprint density at radius 3 is 1.92 bits per heavy atom. The second-order valence-electron chi connectivity index (χ2n) is 9.30. The van der Waals surface area contributed by atoms with Crippen LogP contribution in [0.15, 0.2) is 48.5 Å². The van der Waals surface area contributed by atoms with Crippen molar-refractivity contribution in [1.29, 1.82) is 0 Å². The largest absolute Gasteiger partial charge is 0.508 e. The van der Waals surface area contributed by atoms with Crippen LogP contribution in [0.1, 0.15) is 64.7 Å². The first kappa shape index (κ1) is 20.0. The van der Waals surface area contributed by atoms with E-state index in [0.29, 0.717) is 12.0 Å². The van der Waals surface area contributed by atoms with Crippen molar-refractivity contribution in [2.24, 2.45) is 5.41 Å². The van der Waals surface area contributed by atoms with Crippen molar-refractivity contribution < 1.29 is 15.0 Å². The van der Waals surface area contributed by atoms with Crippen molar-refractivity contribution >= 4 is 5.97 Å². The first-order chi connectivity index (χ1) is 11.9. The summed E-state index contributed by atoms with van der Waals surface area (Å²) in [5.41, 5.74) is 0.552. The molecule has 0 aromatic heterocycles. The third kappa shape index (κ3) is 3.92. The van der Waals surface area contributed by atoms with Crippen molar-refractivity contribution in [1.82, 2.24) is 0 Å². The molecule has 140 valence electrons. The summed E-state index contributed by atoms with van der Waals surface area (Å²) in [6.07, 6.45) is 0.452. The molecule has 0 radical (unpaired) electrons. The number of phenols is 1. The van der Waals surface area contributed by atoms with Gasteiger partial charge in [0.05, 0.1) is 0 Å². The molecular formula is C23H30O3. The SMILES string of the molecule is CC(C)(C)CC(C(=O)O)(c1ccccc1)c1ccc(O)c(C(C)(C)C)c1. The third-order valence-electron chi connectivity index (χ3n) is 4.72. The van der Waals surface area contributed by atoms with E-state index >= 15 is 0 Å². The highest BCUT2D eigenvalue weighted by Crippen LogP contribution is 2.44. The Labute approximate surface area is 156 Å². The van der Waals surface area contributed by atoms with Gasteiger partial charge >= 0.3 is 5.97 Å². The van der Waals surface area contributed by atoms with Crippen LogP contribution >= 0.6 is 0 Å². The van der Waals surface area contributed by atoms with Gasteiger partial charge in [0.1, 0.15) is 11.2 Å². The molecule has 0 heterocycles. The maximum Gasteiger partial charge on any atom is 0.318 e. The van der Waals surface area contributed by atoms with Gasteiger partial charge in [-0.2, -0.15) is 0 Å². The Morgan fingerprint density at radius 2 is 1.46 bits per heavy atom. The van der Waals surface area contributed by atoms with Crippen molar-refractivity contribution in [3.05, 3.63) is 65.2 Å². The summed E-state index contributed by atoms with van der Waals surface area (Å²) in [5.74, 6) is -0.673. The zero-order valence-corrected chi connectivity index (χ0v) is 16.6. The number of phenolic OH excluding ortho intramolecular Hbond substituents is 1. The predicted octanol–water partition coefficient (Wildman–Crippen LogP) is 5.50. The molecule has 0 amide bonds. The number of rotatable bonds is 4. The molecule has 0 fully saturated rings. The van der Waals surface area contributed by atoms with Gasteiger partial charge in [0.25, 0.3) is 0 Å². The van der Waals surface area contributed by atoms with Crippen molar-refractivity contribution in [3.8, 4) is 5.75 Å². The molecule has 1 unspecified atom stereocenters. The maximum absolute atomic E-state index is 12.7. The summed E-state index contributed by atoms with van der Waals surface area (Å²) >= 11 is 0. The van der Waals surface area contributed by atoms with Gasteiger partial charge < -0.3 is 10.2 Å². The molecule has 2 N–H and O–H groups in total. The number of hydrogen-bond acceptors (Lipinski definition) is 2. The Balaban J connectivity index is 2.82. The second kappa shape index (κ2) is 6.79. The van der Waals surface area contributed by atoms with Gasteiger partial charge in [-0.05, 0) is 40.0 Å². The Bertz CT molecular complexity index is 779. The molecule has 0 aliphatic rings. The molecular weight excluding hydrogens is 324 g/mol.